The van der Waals surface area contributed by atoms with E-state index in [1.807, 2.05) is 13.8 Å². The topological polar surface area (TPSA) is 44.1 Å². The molecule has 0 spiro atoms. The number of aromatic nitrogens is 2. The van der Waals surface area contributed by atoms with Gasteiger partial charge in [-0.25, -0.2) is 9.48 Å². The number of carbonyl (C=O) groups excluding carboxylic acids is 1. The van der Waals surface area contributed by atoms with Gasteiger partial charge in [-0.3, -0.25) is 0 Å². The van der Waals surface area contributed by atoms with E-state index in [0.717, 1.165) is 12.1 Å². The van der Waals surface area contributed by atoms with Crippen LogP contribution < -0.4 is 0 Å². The predicted molar refractivity (Wildman–Crippen MR) is 88.1 cm³/mol. The molecular weight excluding hydrogens is 357 g/mol. The fraction of sp³-hybridized carbons (Fsp3) is 0.412. The van der Waals surface area contributed by atoms with Crippen LogP contribution >= 0.6 is 11.6 Å². The van der Waals surface area contributed by atoms with Crippen LogP contribution in [0.3, 0.4) is 0 Å². The second kappa shape index (κ2) is 7.47. The van der Waals surface area contributed by atoms with Crippen LogP contribution in [-0.2, 0) is 17.3 Å². The van der Waals surface area contributed by atoms with E-state index in [1.54, 1.807) is 6.92 Å². The Hall–Kier alpha value is -2.02. The minimum Gasteiger partial charge on any atom is -0.461 e. The molecule has 0 aliphatic heterocycles. The summed E-state index contributed by atoms with van der Waals surface area (Å²) in [7, 11) is 0. The fourth-order valence-electron chi connectivity index (χ4n) is 2.32. The summed E-state index contributed by atoms with van der Waals surface area (Å²) in [4.78, 5) is 12.2. The van der Waals surface area contributed by atoms with Gasteiger partial charge in [0.25, 0.3) is 0 Å². The van der Waals surface area contributed by atoms with E-state index in [-0.39, 0.29) is 23.2 Å². The number of rotatable bonds is 5. The molecule has 25 heavy (non-hydrogen) atoms. The second-order valence-corrected chi connectivity index (χ2v) is 6.26. The van der Waals surface area contributed by atoms with Crippen molar-refractivity contribution in [3.8, 4) is 5.69 Å². The molecule has 0 bridgehead atoms. The molecule has 0 unspecified atom stereocenters. The van der Waals surface area contributed by atoms with Crippen molar-refractivity contribution in [3.63, 3.8) is 0 Å². The Balaban J connectivity index is 2.53. The van der Waals surface area contributed by atoms with E-state index in [2.05, 4.69) is 5.10 Å². The summed E-state index contributed by atoms with van der Waals surface area (Å²) < 4.78 is 44.4. The van der Waals surface area contributed by atoms with Gasteiger partial charge in [0, 0.05) is 0 Å². The Labute approximate surface area is 148 Å². The Bertz CT molecular complexity index is 752. The molecule has 0 atom stereocenters. The first-order chi connectivity index (χ1) is 11.6. The predicted octanol–water partition coefficient (Wildman–Crippen LogP) is 4.92. The Kier molecular flexibility index (Phi) is 5.77. The van der Waals surface area contributed by atoms with Gasteiger partial charge in [0.2, 0.25) is 0 Å². The summed E-state index contributed by atoms with van der Waals surface area (Å²) in [6, 6.07) is 4.35. The first-order valence-electron chi connectivity index (χ1n) is 7.77. The van der Waals surface area contributed by atoms with E-state index >= 15 is 0 Å². The molecule has 0 aliphatic rings. The summed E-state index contributed by atoms with van der Waals surface area (Å²) in [6.07, 6.45) is -3.91. The number of esters is 1. The molecule has 1 aromatic heterocycles. The quantitative estimate of drug-likeness (QED) is 0.698. The van der Waals surface area contributed by atoms with Gasteiger partial charge in [0.1, 0.15) is 0 Å². The number of ether oxygens (including phenoxy) is 1. The lowest BCUT2D eigenvalue weighted by atomic mass is 10.1. The van der Waals surface area contributed by atoms with Gasteiger partial charge in [0.05, 0.1) is 28.6 Å². The van der Waals surface area contributed by atoms with E-state index in [4.69, 9.17) is 16.3 Å². The normalized spacial score (nSPS) is 11.8. The summed E-state index contributed by atoms with van der Waals surface area (Å²) in [5, 5.41) is 4.48. The van der Waals surface area contributed by atoms with Crippen molar-refractivity contribution in [1.82, 2.24) is 9.78 Å². The van der Waals surface area contributed by atoms with Gasteiger partial charge in [0.15, 0.2) is 5.69 Å². The number of hydrogen-bond donors (Lipinski definition) is 0. The molecule has 0 radical (unpaired) electrons. The Morgan fingerprint density at radius 1 is 1.28 bits per heavy atom. The summed E-state index contributed by atoms with van der Waals surface area (Å²) in [5.41, 5.74) is 0.0288. The number of alkyl halides is 3. The molecule has 0 fully saturated rings. The van der Waals surface area contributed by atoms with E-state index in [1.165, 1.54) is 16.8 Å². The molecule has 2 aromatic rings. The number of carbonyl (C=O) groups is 1. The zero-order valence-electron chi connectivity index (χ0n) is 14.0. The lowest BCUT2D eigenvalue weighted by molar-refractivity contribution is -0.137. The van der Waals surface area contributed by atoms with Crippen LogP contribution in [-0.4, -0.2) is 22.4 Å². The zero-order chi connectivity index (χ0) is 18.8. The van der Waals surface area contributed by atoms with Crippen LogP contribution in [0.4, 0.5) is 13.2 Å². The average molecular weight is 375 g/mol. The molecule has 0 aliphatic carbocycles. The summed E-state index contributed by atoms with van der Waals surface area (Å²) in [5.74, 6) is -0.432. The van der Waals surface area contributed by atoms with Crippen LogP contribution in [0.5, 0.6) is 0 Å². The molecule has 1 heterocycles. The van der Waals surface area contributed by atoms with Crippen molar-refractivity contribution in [2.75, 3.05) is 6.61 Å². The van der Waals surface area contributed by atoms with Crippen LogP contribution in [0.1, 0.15) is 42.5 Å². The van der Waals surface area contributed by atoms with Crippen LogP contribution in [0.15, 0.2) is 24.3 Å². The van der Waals surface area contributed by atoms with Gasteiger partial charge in [-0.05, 0) is 43.5 Å². The average Bonchev–Trinajstić information content (AvgIpc) is 2.83. The fourth-order valence-corrected chi connectivity index (χ4v) is 2.59. The van der Waals surface area contributed by atoms with Crippen molar-refractivity contribution in [2.24, 2.45) is 5.92 Å². The summed E-state index contributed by atoms with van der Waals surface area (Å²) >= 11 is 6.29. The summed E-state index contributed by atoms with van der Waals surface area (Å²) in [6.45, 7) is 5.74. The highest BCUT2D eigenvalue weighted by atomic mass is 35.5. The van der Waals surface area contributed by atoms with Gasteiger partial charge in [-0.2, -0.15) is 18.3 Å². The number of nitrogens with zero attached hydrogens (tertiary/aromatic N) is 2. The molecule has 0 saturated carbocycles. The van der Waals surface area contributed by atoms with Crippen molar-refractivity contribution in [2.45, 2.75) is 33.4 Å². The maximum Gasteiger partial charge on any atom is 0.416 e. The number of hydrogen-bond acceptors (Lipinski definition) is 3. The van der Waals surface area contributed by atoms with Crippen LogP contribution in [0.2, 0.25) is 5.02 Å². The third-order valence-electron chi connectivity index (χ3n) is 3.40. The van der Waals surface area contributed by atoms with Crippen molar-refractivity contribution < 1.29 is 22.7 Å². The molecule has 2 rings (SSSR count). The molecule has 4 nitrogen and oxygen atoms in total. The third-order valence-corrected chi connectivity index (χ3v) is 3.80. The Morgan fingerprint density at radius 2 is 1.88 bits per heavy atom. The highest BCUT2D eigenvalue weighted by Gasteiger charge is 2.30. The van der Waals surface area contributed by atoms with Crippen LogP contribution in [0.25, 0.3) is 5.69 Å². The number of halogens is 4. The first kappa shape index (κ1) is 19.3. The molecule has 8 heteroatoms. The maximum atomic E-state index is 12.7. The monoisotopic (exact) mass is 374 g/mol. The second-order valence-electron chi connectivity index (χ2n) is 5.88. The largest absolute Gasteiger partial charge is 0.461 e. The molecular formula is C17H18ClF3N2O2. The molecule has 0 saturated heterocycles. The maximum absolute atomic E-state index is 12.7. The van der Waals surface area contributed by atoms with Crippen molar-refractivity contribution in [3.05, 3.63) is 46.2 Å². The highest BCUT2D eigenvalue weighted by molar-refractivity contribution is 6.34. The minimum absolute atomic E-state index is 0.0129. The first-order valence-corrected chi connectivity index (χ1v) is 8.15. The molecule has 0 N–H and O–H groups in total. The van der Waals surface area contributed by atoms with Gasteiger partial charge >= 0.3 is 12.1 Å². The third kappa shape index (κ3) is 4.34. The lowest BCUT2D eigenvalue weighted by Crippen LogP contribution is -2.13. The van der Waals surface area contributed by atoms with E-state index in [9.17, 15) is 18.0 Å². The van der Waals surface area contributed by atoms with Crippen molar-refractivity contribution >= 4 is 17.6 Å². The minimum atomic E-state index is -4.44. The van der Waals surface area contributed by atoms with Gasteiger partial charge < -0.3 is 4.74 Å². The smallest absolute Gasteiger partial charge is 0.416 e. The van der Waals surface area contributed by atoms with E-state index < -0.39 is 17.7 Å². The van der Waals surface area contributed by atoms with E-state index in [0.29, 0.717) is 17.8 Å². The molecule has 0 amide bonds. The highest BCUT2D eigenvalue weighted by Crippen LogP contribution is 2.31. The van der Waals surface area contributed by atoms with Crippen molar-refractivity contribution in [1.29, 1.82) is 0 Å². The van der Waals surface area contributed by atoms with Gasteiger partial charge in [-0.15, -0.1) is 0 Å². The van der Waals surface area contributed by atoms with Gasteiger partial charge in [-0.1, -0.05) is 25.4 Å². The zero-order valence-corrected chi connectivity index (χ0v) is 14.8. The molecule has 1 aromatic carbocycles. The standard InChI is InChI=1S/C17H18ClF3N2O2/c1-4-25-16(24)15-14(18)13(9-10(2)3)22-23(15)12-7-5-11(6-8-12)17(19,20)21/h5-8,10H,4,9H2,1-3H3. The lowest BCUT2D eigenvalue weighted by Gasteiger charge is -2.10. The molecule has 136 valence electrons. The number of benzene rings is 1. The van der Waals surface area contributed by atoms with Crippen LogP contribution in [0, 0.1) is 5.92 Å². The Morgan fingerprint density at radius 3 is 2.36 bits per heavy atom. The SMILES string of the molecule is CCOC(=O)c1c(Cl)c(CC(C)C)nn1-c1ccc(C(F)(F)F)cc1.